The van der Waals surface area contributed by atoms with E-state index in [9.17, 15) is 14.9 Å². The number of aryl methyl sites for hydroxylation is 1. The van der Waals surface area contributed by atoms with Crippen molar-refractivity contribution in [1.29, 1.82) is 0 Å². The number of alkyl halides is 1. The first-order valence-corrected chi connectivity index (χ1v) is 7.74. The van der Waals surface area contributed by atoms with Gasteiger partial charge in [-0.25, -0.2) is 0 Å². The SMILES string of the molecule is Cc1cc(C(=O)N2CCC(CBr)CC2)cc([N+](=O)[O-])c1. The molecule has 20 heavy (non-hydrogen) atoms. The highest BCUT2D eigenvalue weighted by molar-refractivity contribution is 9.09. The Bertz CT molecular complexity index is 525. The highest BCUT2D eigenvalue weighted by Gasteiger charge is 2.24. The van der Waals surface area contributed by atoms with Crippen LogP contribution in [0, 0.1) is 23.0 Å². The van der Waals surface area contributed by atoms with E-state index in [-0.39, 0.29) is 11.6 Å². The molecule has 0 radical (unpaired) electrons. The number of hydrogen-bond acceptors (Lipinski definition) is 3. The summed E-state index contributed by atoms with van der Waals surface area (Å²) < 4.78 is 0. The smallest absolute Gasteiger partial charge is 0.270 e. The van der Waals surface area contributed by atoms with Crippen molar-refractivity contribution in [1.82, 2.24) is 4.90 Å². The number of piperidine rings is 1. The van der Waals surface area contributed by atoms with Crippen LogP contribution in [-0.2, 0) is 0 Å². The predicted octanol–water partition coefficient (Wildman–Crippen LogP) is 3.15. The van der Waals surface area contributed by atoms with Crippen molar-refractivity contribution in [3.05, 3.63) is 39.4 Å². The highest BCUT2D eigenvalue weighted by Crippen LogP contribution is 2.23. The Morgan fingerprint density at radius 3 is 2.60 bits per heavy atom. The fraction of sp³-hybridized carbons (Fsp3) is 0.500. The molecule has 0 N–H and O–H groups in total. The first kappa shape index (κ1) is 15.0. The second kappa shape index (κ2) is 6.35. The average molecular weight is 341 g/mol. The zero-order valence-electron chi connectivity index (χ0n) is 11.3. The van der Waals surface area contributed by atoms with Crippen molar-refractivity contribution in [2.24, 2.45) is 5.92 Å². The Hall–Kier alpha value is -1.43. The second-order valence-electron chi connectivity index (χ2n) is 5.20. The maximum atomic E-state index is 12.4. The van der Waals surface area contributed by atoms with Gasteiger partial charge in [0.05, 0.1) is 4.92 Å². The zero-order chi connectivity index (χ0) is 14.7. The molecule has 0 spiro atoms. The molecule has 0 aromatic heterocycles. The normalized spacial score (nSPS) is 16.2. The van der Waals surface area contributed by atoms with E-state index in [0.717, 1.165) is 36.8 Å². The summed E-state index contributed by atoms with van der Waals surface area (Å²) in [6, 6.07) is 4.56. The van der Waals surface area contributed by atoms with Gasteiger partial charge in [-0.1, -0.05) is 15.9 Å². The van der Waals surface area contributed by atoms with Crippen LogP contribution in [0.25, 0.3) is 0 Å². The summed E-state index contributed by atoms with van der Waals surface area (Å²) in [5.41, 5.74) is 1.12. The molecule has 1 fully saturated rings. The highest BCUT2D eigenvalue weighted by atomic mass is 79.9. The van der Waals surface area contributed by atoms with Crippen LogP contribution in [0.2, 0.25) is 0 Å². The molecule has 0 bridgehead atoms. The van der Waals surface area contributed by atoms with E-state index in [4.69, 9.17) is 0 Å². The number of nitrogens with zero attached hydrogens (tertiary/aromatic N) is 2. The molecule has 6 heteroatoms. The van der Waals surface area contributed by atoms with Crippen LogP contribution >= 0.6 is 15.9 Å². The minimum Gasteiger partial charge on any atom is -0.339 e. The summed E-state index contributed by atoms with van der Waals surface area (Å²) in [4.78, 5) is 24.6. The third-order valence-corrected chi connectivity index (χ3v) is 4.56. The summed E-state index contributed by atoms with van der Waals surface area (Å²) in [6.07, 6.45) is 1.95. The van der Waals surface area contributed by atoms with Gasteiger partial charge in [-0.2, -0.15) is 0 Å². The molecule has 1 saturated heterocycles. The van der Waals surface area contributed by atoms with Gasteiger partial charge in [-0.3, -0.25) is 14.9 Å². The van der Waals surface area contributed by atoms with E-state index in [1.807, 2.05) is 0 Å². The topological polar surface area (TPSA) is 63.5 Å². The molecule has 0 atom stereocenters. The van der Waals surface area contributed by atoms with Crippen molar-refractivity contribution in [3.63, 3.8) is 0 Å². The molecule has 1 aliphatic heterocycles. The lowest BCUT2D eigenvalue weighted by molar-refractivity contribution is -0.384. The number of amides is 1. The number of non-ortho nitro benzene ring substituents is 1. The van der Waals surface area contributed by atoms with Crippen LogP contribution in [0.1, 0.15) is 28.8 Å². The van der Waals surface area contributed by atoms with E-state index in [1.54, 1.807) is 17.9 Å². The van der Waals surface area contributed by atoms with E-state index < -0.39 is 4.92 Å². The molecular formula is C14H17BrN2O3. The lowest BCUT2D eigenvalue weighted by Crippen LogP contribution is -2.38. The monoisotopic (exact) mass is 340 g/mol. The summed E-state index contributed by atoms with van der Waals surface area (Å²) >= 11 is 3.47. The van der Waals surface area contributed by atoms with Crippen LogP contribution in [0.4, 0.5) is 5.69 Å². The fourth-order valence-corrected chi connectivity index (χ4v) is 3.11. The van der Waals surface area contributed by atoms with Gasteiger partial charge in [0.2, 0.25) is 0 Å². The molecule has 2 rings (SSSR count). The van der Waals surface area contributed by atoms with Crippen molar-refractivity contribution in [2.45, 2.75) is 19.8 Å². The van der Waals surface area contributed by atoms with E-state index in [1.165, 1.54) is 12.1 Å². The molecule has 0 saturated carbocycles. The number of benzene rings is 1. The predicted molar refractivity (Wildman–Crippen MR) is 80.3 cm³/mol. The van der Waals surface area contributed by atoms with Gasteiger partial charge in [0.15, 0.2) is 0 Å². The standard InChI is InChI=1S/C14H17BrN2O3/c1-10-6-12(8-13(7-10)17(19)20)14(18)16-4-2-11(9-15)3-5-16/h6-8,11H,2-5,9H2,1H3. The van der Waals surface area contributed by atoms with Gasteiger partial charge < -0.3 is 4.90 Å². The maximum Gasteiger partial charge on any atom is 0.270 e. The zero-order valence-corrected chi connectivity index (χ0v) is 12.9. The summed E-state index contributed by atoms with van der Waals surface area (Å²) in [5, 5.41) is 11.8. The Morgan fingerprint density at radius 1 is 1.40 bits per heavy atom. The van der Waals surface area contributed by atoms with Gasteiger partial charge in [-0.05, 0) is 37.3 Å². The largest absolute Gasteiger partial charge is 0.339 e. The molecule has 0 unspecified atom stereocenters. The first-order valence-electron chi connectivity index (χ1n) is 6.62. The molecular weight excluding hydrogens is 324 g/mol. The molecule has 0 aliphatic carbocycles. The van der Waals surface area contributed by atoms with Gasteiger partial charge in [0, 0.05) is 36.1 Å². The fourth-order valence-electron chi connectivity index (χ4n) is 2.46. The molecule has 5 nitrogen and oxygen atoms in total. The van der Waals surface area contributed by atoms with Crippen LogP contribution in [0.5, 0.6) is 0 Å². The Balaban J connectivity index is 2.15. The average Bonchev–Trinajstić information content (AvgIpc) is 2.46. The van der Waals surface area contributed by atoms with Gasteiger partial charge >= 0.3 is 0 Å². The number of carbonyl (C=O) groups excluding carboxylic acids is 1. The number of rotatable bonds is 3. The van der Waals surface area contributed by atoms with Crippen LogP contribution in [0.15, 0.2) is 18.2 Å². The van der Waals surface area contributed by atoms with E-state index in [2.05, 4.69) is 15.9 Å². The quantitative estimate of drug-likeness (QED) is 0.482. The summed E-state index contributed by atoms with van der Waals surface area (Å²) in [5.74, 6) is 0.510. The molecule has 1 aliphatic rings. The van der Waals surface area contributed by atoms with Crippen molar-refractivity contribution in [2.75, 3.05) is 18.4 Å². The van der Waals surface area contributed by atoms with Gasteiger partial charge in [-0.15, -0.1) is 0 Å². The minimum atomic E-state index is -0.457. The first-order chi connectivity index (χ1) is 9.51. The summed E-state index contributed by atoms with van der Waals surface area (Å²) in [6.45, 7) is 3.20. The van der Waals surface area contributed by atoms with Gasteiger partial charge in [0.1, 0.15) is 0 Å². The Morgan fingerprint density at radius 2 is 2.05 bits per heavy atom. The molecule has 1 heterocycles. The third kappa shape index (κ3) is 3.36. The lowest BCUT2D eigenvalue weighted by atomic mass is 9.98. The number of nitro groups is 1. The number of nitro benzene ring substituents is 1. The van der Waals surface area contributed by atoms with Gasteiger partial charge in [0.25, 0.3) is 11.6 Å². The third-order valence-electron chi connectivity index (χ3n) is 3.64. The number of carbonyl (C=O) groups is 1. The van der Waals surface area contributed by atoms with E-state index >= 15 is 0 Å². The molecule has 1 amide bonds. The number of halogens is 1. The molecule has 108 valence electrons. The number of likely N-dealkylation sites (tertiary alicyclic amines) is 1. The van der Waals surface area contributed by atoms with Crippen molar-refractivity contribution in [3.8, 4) is 0 Å². The maximum absolute atomic E-state index is 12.4. The van der Waals surface area contributed by atoms with Crippen LogP contribution in [0.3, 0.4) is 0 Å². The van der Waals surface area contributed by atoms with E-state index in [0.29, 0.717) is 11.5 Å². The minimum absolute atomic E-state index is 0.0244. The lowest BCUT2D eigenvalue weighted by Gasteiger charge is -2.31. The molecule has 1 aromatic rings. The Kier molecular flexibility index (Phi) is 4.75. The Labute approximate surface area is 126 Å². The second-order valence-corrected chi connectivity index (χ2v) is 5.85. The van der Waals surface area contributed by atoms with Crippen LogP contribution in [-0.4, -0.2) is 34.2 Å². The number of hydrogen-bond donors (Lipinski definition) is 0. The van der Waals surface area contributed by atoms with Crippen molar-refractivity contribution < 1.29 is 9.72 Å². The van der Waals surface area contributed by atoms with Crippen LogP contribution < -0.4 is 0 Å². The molecule has 1 aromatic carbocycles. The summed E-state index contributed by atoms with van der Waals surface area (Å²) in [7, 11) is 0. The van der Waals surface area contributed by atoms with Crippen molar-refractivity contribution >= 4 is 27.5 Å².